The average Bonchev–Trinajstić information content (AvgIpc) is 2.42. The SMILES string of the molecule is CNCC(C)(CCCN(C)C)CC(C)/C=C(C)/C=C\C(=N)C(F)(F)F. The van der Waals surface area contributed by atoms with Crippen LogP contribution in [0, 0.1) is 16.7 Å². The molecule has 0 aromatic rings. The first kappa shape index (κ1) is 23.9. The summed E-state index contributed by atoms with van der Waals surface area (Å²) in [5.74, 6) is 0.252. The zero-order valence-electron chi connectivity index (χ0n) is 16.4. The standard InChI is InChI=1S/C19H34F3N3/c1-15(8-9-17(23)19(20,21)22)12-16(2)13-18(3,14-24-4)10-7-11-25(5)6/h8-9,12,16,23-24H,7,10-11,13-14H2,1-6H3/b9-8-,15-12+,23-17?. The van der Waals surface area contributed by atoms with E-state index in [0.717, 1.165) is 44.0 Å². The van der Waals surface area contributed by atoms with Crippen LogP contribution in [0.4, 0.5) is 13.2 Å². The lowest BCUT2D eigenvalue weighted by Gasteiger charge is -2.32. The Bertz CT molecular complexity index is 467. The average molecular weight is 361 g/mol. The van der Waals surface area contributed by atoms with E-state index in [2.05, 4.69) is 38.2 Å². The molecule has 0 amide bonds. The van der Waals surface area contributed by atoms with E-state index in [4.69, 9.17) is 5.41 Å². The maximum Gasteiger partial charge on any atom is 0.432 e. The van der Waals surface area contributed by atoms with Crippen molar-refractivity contribution in [3.8, 4) is 0 Å². The quantitative estimate of drug-likeness (QED) is 0.415. The van der Waals surface area contributed by atoms with Crippen molar-refractivity contribution in [1.29, 1.82) is 5.41 Å². The summed E-state index contributed by atoms with van der Waals surface area (Å²) in [4.78, 5) is 2.17. The zero-order chi connectivity index (χ0) is 19.7. The van der Waals surface area contributed by atoms with Crippen molar-refractivity contribution in [3.05, 3.63) is 23.8 Å². The summed E-state index contributed by atoms with van der Waals surface area (Å²) in [6.45, 7) is 8.08. The molecular formula is C19H34F3N3. The fourth-order valence-corrected chi connectivity index (χ4v) is 3.16. The second-order valence-corrected chi connectivity index (χ2v) is 7.58. The maximum absolute atomic E-state index is 12.3. The Morgan fingerprint density at radius 2 is 1.84 bits per heavy atom. The fraction of sp³-hybridized carbons (Fsp3) is 0.737. The normalized spacial score (nSPS) is 17.1. The van der Waals surface area contributed by atoms with Crippen molar-refractivity contribution in [2.75, 3.05) is 34.2 Å². The van der Waals surface area contributed by atoms with E-state index in [1.54, 1.807) is 6.92 Å². The predicted molar refractivity (Wildman–Crippen MR) is 100 cm³/mol. The molecule has 6 heteroatoms. The first-order chi connectivity index (χ1) is 11.4. The van der Waals surface area contributed by atoms with E-state index in [-0.39, 0.29) is 11.3 Å². The molecule has 0 aliphatic heterocycles. The molecule has 0 rings (SSSR count). The molecule has 0 aromatic heterocycles. The van der Waals surface area contributed by atoms with Gasteiger partial charge >= 0.3 is 6.18 Å². The van der Waals surface area contributed by atoms with Crippen molar-refractivity contribution in [1.82, 2.24) is 10.2 Å². The van der Waals surface area contributed by atoms with Crippen LogP contribution in [0.5, 0.6) is 0 Å². The number of halogens is 3. The number of rotatable bonds is 11. The zero-order valence-corrected chi connectivity index (χ0v) is 16.4. The molecule has 0 aliphatic carbocycles. The van der Waals surface area contributed by atoms with Crippen molar-refractivity contribution in [3.63, 3.8) is 0 Å². The minimum Gasteiger partial charge on any atom is -0.319 e. The van der Waals surface area contributed by atoms with Crippen LogP contribution in [0.25, 0.3) is 0 Å². The van der Waals surface area contributed by atoms with Gasteiger partial charge < -0.3 is 10.2 Å². The van der Waals surface area contributed by atoms with Gasteiger partial charge in [0.2, 0.25) is 0 Å². The Labute approximate surface area is 150 Å². The number of nitrogens with one attached hydrogen (secondary N) is 2. The number of hydrogen-bond acceptors (Lipinski definition) is 3. The van der Waals surface area contributed by atoms with Crippen LogP contribution in [0.1, 0.15) is 40.0 Å². The van der Waals surface area contributed by atoms with Crippen LogP contribution in [0.3, 0.4) is 0 Å². The monoisotopic (exact) mass is 361 g/mol. The van der Waals surface area contributed by atoms with Crippen LogP contribution in [-0.2, 0) is 0 Å². The van der Waals surface area contributed by atoms with Crippen molar-refractivity contribution >= 4 is 5.71 Å². The molecule has 0 aromatic carbocycles. The third-order valence-corrected chi connectivity index (χ3v) is 4.17. The molecule has 0 aliphatic rings. The van der Waals surface area contributed by atoms with Gasteiger partial charge in [-0.15, -0.1) is 0 Å². The molecule has 0 radical (unpaired) electrons. The van der Waals surface area contributed by atoms with Crippen LogP contribution in [-0.4, -0.2) is 51.0 Å². The van der Waals surface area contributed by atoms with Crippen LogP contribution >= 0.6 is 0 Å². The number of nitrogens with zero attached hydrogens (tertiary/aromatic N) is 1. The summed E-state index contributed by atoms with van der Waals surface area (Å²) in [7, 11) is 6.07. The van der Waals surface area contributed by atoms with Gasteiger partial charge in [-0.05, 0) is 71.3 Å². The summed E-state index contributed by atoms with van der Waals surface area (Å²) in [6.07, 6.45) is 2.76. The lowest BCUT2D eigenvalue weighted by atomic mass is 9.77. The van der Waals surface area contributed by atoms with Gasteiger partial charge in [-0.1, -0.05) is 31.6 Å². The molecule has 0 fully saturated rings. The summed E-state index contributed by atoms with van der Waals surface area (Å²) >= 11 is 0. The Morgan fingerprint density at radius 1 is 1.24 bits per heavy atom. The second-order valence-electron chi connectivity index (χ2n) is 7.58. The third-order valence-electron chi connectivity index (χ3n) is 4.17. The molecule has 25 heavy (non-hydrogen) atoms. The molecule has 146 valence electrons. The lowest BCUT2D eigenvalue weighted by Crippen LogP contribution is -2.32. The van der Waals surface area contributed by atoms with Crippen molar-refractivity contribution < 1.29 is 13.2 Å². The van der Waals surface area contributed by atoms with Gasteiger partial charge in [0.25, 0.3) is 0 Å². The third kappa shape index (κ3) is 11.2. The van der Waals surface area contributed by atoms with E-state index >= 15 is 0 Å². The lowest BCUT2D eigenvalue weighted by molar-refractivity contribution is -0.0584. The van der Waals surface area contributed by atoms with E-state index in [1.165, 1.54) is 6.08 Å². The fourth-order valence-electron chi connectivity index (χ4n) is 3.16. The molecule has 0 saturated carbocycles. The summed E-state index contributed by atoms with van der Waals surface area (Å²) in [5, 5.41) is 10.2. The van der Waals surface area contributed by atoms with Crippen molar-refractivity contribution in [2.24, 2.45) is 11.3 Å². The van der Waals surface area contributed by atoms with Crippen molar-refractivity contribution in [2.45, 2.75) is 46.2 Å². The Morgan fingerprint density at radius 3 is 2.32 bits per heavy atom. The highest BCUT2D eigenvalue weighted by molar-refractivity contribution is 5.97. The number of allylic oxidation sites excluding steroid dienone is 4. The van der Waals surface area contributed by atoms with Crippen LogP contribution < -0.4 is 5.32 Å². The van der Waals surface area contributed by atoms with E-state index in [9.17, 15) is 13.2 Å². The van der Waals surface area contributed by atoms with Gasteiger partial charge in [0.05, 0.1) is 0 Å². The molecule has 0 bridgehead atoms. The molecule has 3 nitrogen and oxygen atoms in total. The largest absolute Gasteiger partial charge is 0.432 e. The highest BCUT2D eigenvalue weighted by Gasteiger charge is 2.32. The molecule has 2 N–H and O–H groups in total. The smallest absolute Gasteiger partial charge is 0.319 e. The van der Waals surface area contributed by atoms with Gasteiger partial charge in [-0.3, -0.25) is 5.41 Å². The van der Waals surface area contributed by atoms with Gasteiger partial charge in [0.1, 0.15) is 5.71 Å². The predicted octanol–water partition coefficient (Wildman–Crippen LogP) is 4.66. The molecule has 0 spiro atoms. The summed E-state index contributed by atoms with van der Waals surface area (Å²) in [6, 6.07) is 0. The maximum atomic E-state index is 12.3. The van der Waals surface area contributed by atoms with Crippen LogP contribution in [0.15, 0.2) is 23.8 Å². The van der Waals surface area contributed by atoms with Crippen LogP contribution in [0.2, 0.25) is 0 Å². The van der Waals surface area contributed by atoms with Gasteiger partial charge in [-0.2, -0.15) is 13.2 Å². The highest BCUT2D eigenvalue weighted by Crippen LogP contribution is 2.32. The number of hydrogen-bond donors (Lipinski definition) is 2. The molecule has 0 heterocycles. The van der Waals surface area contributed by atoms with E-state index in [1.807, 2.05) is 13.1 Å². The molecular weight excluding hydrogens is 327 g/mol. The molecule has 2 atom stereocenters. The Hall–Kier alpha value is -1.14. The second kappa shape index (κ2) is 10.8. The van der Waals surface area contributed by atoms with Gasteiger partial charge in [-0.25, -0.2) is 0 Å². The first-order valence-electron chi connectivity index (χ1n) is 8.71. The van der Waals surface area contributed by atoms with Gasteiger partial charge in [0.15, 0.2) is 0 Å². The van der Waals surface area contributed by atoms with Gasteiger partial charge in [0, 0.05) is 6.54 Å². The topological polar surface area (TPSA) is 39.1 Å². The highest BCUT2D eigenvalue weighted by atomic mass is 19.4. The minimum absolute atomic E-state index is 0.142. The molecule has 0 saturated heterocycles. The Balaban J connectivity index is 4.80. The van der Waals surface area contributed by atoms with E-state index < -0.39 is 11.9 Å². The van der Waals surface area contributed by atoms with E-state index in [0.29, 0.717) is 0 Å². The molecule has 2 unspecified atom stereocenters. The minimum atomic E-state index is -4.58. The Kier molecular flexibility index (Phi) is 10.3. The number of alkyl halides is 3. The first-order valence-corrected chi connectivity index (χ1v) is 8.71. The summed E-state index contributed by atoms with van der Waals surface area (Å²) < 4.78 is 37.0. The summed E-state index contributed by atoms with van der Waals surface area (Å²) in [5.41, 5.74) is -0.429.